The average Bonchev–Trinajstić information content (AvgIpc) is 1.94. The Morgan fingerprint density at radius 3 is 2.42 bits per heavy atom. The smallest absolute Gasteiger partial charge is 0.0472 e. The van der Waals surface area contributed by atoms with Crippen LogP contribution in [0.4, 0.5) is 11.4 Å². The number of nitrogens with two attached hydrogens (primary N) is 2. The van der Waals surface area contributed by atoms with Crippen LogP contribution in [0.3, 0.4) is 0 Å². The summed E-state index contributed by atoms with van der Waals surface area (Å²) in [6, 6.07) is 5.64. The van der Waals surface area contributed by atoms with Crippen molar-refractivity contribution in [2.24, 2.45) is 0 Å². The molecule has 0 saturated carbocycles. The zero-order valence-electron chi connectivity index (χ0n) is 7.37. The minimum Gasteiger partial charge on any atom is -0.399 e. The Balaban J connectivity index is 2.86. The largest absolute Gasteiger partial charge is 0.399 e. The maximum Gasteiger partial charge on any atom is 0.0472 e. The molecule has 0 aliphatic rings. The lowest BCUT2D eigenvalue weighted by molar-refractivity contribution is 1.11. The highest BCUT2D eigenvalue weighted by Crippen LogP contribution is 2.29. The van der Waals surface area contributed by atoms with Gasteiger partial charge in [0.1, 0.15) is 0 Å². The Morgan fingerprint density at radius 2 is 1.92 bits per heavy atom. The van der Waals surface area contributed by atoms with Gasteiger partial charge in [-0.2, -0.15) is 0 Å². The van der Waals surface area contributed by atoms with E-state index in [9.17, 15) is 0 Å². The molecule has 0 radical (unpaired) electrons. The normalized spacial score (nSPS) is 10.6. The first-order chi connectivity index (χ1) is 5.59. The number of hydrogen-bond donors (Lipinski definition) is 2. The summed E-state index contributed by atoms with van der Waals surface area (Å²) >= 11 is 1.75. The highest BCUT2D eigenvalue weighted by molar-refractivity contribution is 8.00. The summed E-state index contributed by atoms with van der Waals surface area (Å²) in [7, 11) is 0. The van der Waals surface area contributed by atoms with Crippen molar-refractivity contribution in [1.29, 1.82) is 0 Å². The molecule has 1 aromatic carbocycles. The molecule has 0 aliphatic heterocycles. The van der Waals surface area contributed by atoms with Crippen molar-refractivity contribution in [3.63, 3.8) is 0 Å². The second-order valence-electron chi connectivity index (χ2n) is 2.96. The molecule has 66 valence electrons. The highest BCUT2D eigenvalue weighted by Gasteiger charge is 2.02. The van der Waals surface area contributed by atoms with E-state index in [1.807, 2.05) is 12.1 Å². The Kier molecular flexibility index (Phi) is 2.87. The van der Waals surface area contributed by atoms with Gasteiger partial charge in [-0.25, -0.2) is 0 Å². The molecule has 0 fully saturated rings. The van der Waals surface area contributed by atoms with Gasteiger partial charge in [0, 0.05) is 21.5 Å². The number of hydrogen-bond acceptors (Lipinski definition) is 3. The van der Waals surface area contributed by atoms with E-state index in [0.29, 0.717) is 5.25 Å². The van der Waals surface area contributed by atoms with E-state index < -0.39 is 0 Å². The molecule has 2 nitrogen and oxygen atoms in total. The van der Waals surface area contributed by atoms with Crippen molar-refractivity contribution in [2.75, 3.05) is 11.5 Å². The van der Waals surface area contributed by atoms with Crippen LogP contribution in [-0.2, 0) is 0 Å². The fourth-order valence-electron chi connectivity index (χ4n) is 0.928. The molecule has 0 spiro atoms. The first-order valence-electron chi connectivity index (χ1n) is 3.91. The van der Waals surface area contributed by atoms with Crippen LogP contribution in [0.15, 0.2) is 23.1 Å². The van der Waals surface area contributed by atoms with Crippen molar-refractivity contribution in [3.05, 3.63) is 18.2 Å². The van der Waals surface area contributed by atoms with E-state index in [1.54, 1.807) is 17.8 Å². The zero-order chi connectivity index (χ0) is 9.14. The lowest BCUT2D eigenvalue weighted by Gasteiger charge is -2.07. The lowest BCUT2D eigenvalue weighted by Crippen LogP contribution is -1.94. The van der Waals surface area contributed by atoms with E-state index in [0.717, 1.165) is 16.3 Å². The Hall–Kier alpha value is -0.830. The van der Waals surface area contributed by atoms with Gasteiger partial charge in [0.05, 0.1) is 0 Å². The summed E-state index contributed by atoms with van der Waals surface area (Å²) in [4.78, 5) is 1.11. The molecule has 0 bridgehead atoms. The van der Waals surface area contributed by atoms with Crippen LogP contribution in [0.25, 0.3) is 0 Å². The van der Waals surface area contributed by atoms with Crippen LogP contribution in [0.5, 0.6) is 0 Å². The molecule has 0 unspecified atom stereocenters. The summed E-state index contributed by atoms with van der Waals surface area (Å²) in [6.07, 6.45) is 0. The van der Waals surface area contributed by atoms with Crippen LogP contribution in [0.2, 0.25) is 0 Å². The maximum atomic E-state index is 5.77. The molecule has 0 saturated heterocycles. The number of nitrogen functional groups attached to an aromatic ring is 2. The van der Waals surface area contributed by atoms with Crippen LogP contribution in [0.1, 0.15) is 13.8 Å². The van der Waals surface area contributed by atoms with Crippen molar-refractivity contribution in [2.45, 2.75) is 24.0 Å². The molecular weight excluding hydrogens is 168 g/mol. The molecule has 0 amide bonds. The summed E-state index contributed by atoms with van der Waals surface area (Å²) in [5.74, 6) is 0. The molecule has 4 N–H and O–H groups in total. The fraction of sp³-hybridized carbons (Fsp3) is 0.333. The molecule has 1 rings (SSSR count). The first kappa shape index (κ1) is 9.26. The standard InChI is InChI=1S/C9H14N2S/c1-6(2)12-9-4-3-7(10)5-8(9)11/h3-6H,10-11H2,1-2H3. The summed E-state index contributed by atoms with van der Waals surface area (Å²) in [5.41, 5.74) is 12.8. The second kappa shape index (κ2) is 3.72. The Morgan fingerprint density at radius 1 is 1.25 bits per heavy atom. The minimum absolute atomic E-state index is 0.552. The monoisotopic (exact) mass is 182 g/mol. The Bertz CT molecular complexity index is 271. The number of benzene rings is 1. The van der Waals surface area contributed by atoms with Crippen LogP contribution in [-0.4, -0.2) is 5.25 Å². The van der Waals surface area contributed by atoms with Gasteiger partial charge in [-0.05, 0) is 18.2 Å². The summed E-state index contributed by atoms with van der Waals surface area (Å²) < 4.78 is 0. The first-order valence-corrected chi connectivity index (χ1v) is 4.79. The average molecular weight is 182 g/mol. The quantitative estimate of drug-likeness (QED) is 0.545. The van der Waals surface area contributed by atoms with E-state index in [2.05, 4.69) is 13.8 Å². The predicted molar refractivity (Wildman–Crippen MR) is 56.3 cm³/mol. The van der Waals surface area contributed by atoms with Crippen LogP contribution >= 0.6 is 11.8 Å². The van der Waals surface area contributed by atoms with E-state index in [-0.39, 0.29) is 0 Å². The number of rotatable bonds is 2. The fourth-order valence-corrected chi connectivity index (χ4v) is 1.78. The molecular formula is C9H14N2S. The number of anilines is 2. The van der Waals surface area contributed by atoms with E-state index in [1.165, 1.54) is 0 Å². The van der Waals surface area contributed by atoms with Crippen molar-refractivity contribution in [3.8, 4) is 0 Å². The molecule has 0 aromatic heterocycles. The second-order valence-corrected chi connectivity index (χ2v) is 4.58. The van der Waals surface area contributed by atoms with Gasteiger partial charge in [0.2, 0.25) is 0 Å². The predicted octanol–water partition coefficient (Wildman–Crippen LogP) is 2.35. The third kappa shape index (κ3) is 2.34. The third-order valence-electron chi connectivity index (χ3n) is 1.40. The van der Waals surface area contributed by atoms with Gasteiger partial charge in [-0.15, -0.1) is 11.8 Å². The molecule has 12 heavy (non-hydrogen) atoms. The SMILES string of the molecule is CC(C)Sc1ccc(N)cc1N. The van der Waals surface area contributed by atoms with Gasteiger partial charge < -0.3 is 11.5 Å². The van der Waals surface area contributed by atoms with Crippen molar-refractivity contribution in [1.82, 2.24) is 0 Å². The topological polar surface area (TPSA) is 52.0 Å². The third-order valence-corrected chi connectivity index (χ3v) is 2.49. The van der Waals surface area contributed by atoms with E-state index >= 15 is 0 Å². The van der Waals surface area contributed by atoms with Gasteiger partial charge in [-0.3, -0.25) is 0 Å². The Labute approximate surface area is 77.3 Å². The maximum absolute atomic E-state index is 5.77. The summed E-state index contributed by atoms with van der Waals surface area (Å²) in [5, 5.41) is 0.552. The minimum atomic E-state index is 0.552. The highest BCUT2D eigenvalue weighted by atomic mass is 32.2. The van der Waals surface area contributed by atoms with Crippen LogP contribution < -0.4 is 11.5 Å². The molecule has 0 atom stereocenters. The lowest BCUT2D eigenvalue weighted by atomic mass is 10.3. The van der Waals surface area contributed by atoms with Crippen molar-refractivity contribution < 1.29 is 0 Å². The van der Waals surface area contributed by atoms with Gasteiger partial charge in [0.25, 0.3) is 0 Å². The van der Waals surface area contributed by atoms with Gasteiger partial charge >= 0.3 is 0 Å². The molecule has 0 heterocycles. The van der Waals surface area contributed by atoms with Crippen LogP contribution in [0, 0.1) is 0 Å². The molecule has 3 heteroatoms. The number of thioether (sulfide) groups is 1. The van der Waals surface area contributed by atoms with Crippen molar-refractivity contribution >= 4 is 23.1 Å². The van der Waals surface area contributed by atoms with Gasteiger partial charge in [0.15, 0.2) is 0 Å². The molecule has 1 aromatic rings. The molecule has 0 aliphatic carbocycles. The zero-order valence-corrected chi connectivity index (χ0v) is 8.19. The summed E-state index contributed by atoms with van der Waals surface area (Å²) in [6.45, 7) is 4.28. The van der Waals surface area contributed by atoms with Gasteiger partial charge in [-0.1, -0.05) is 13.8 Å². The van der Waals surface area contributed by atoms with E-state index in [4.69, 9.17) is 11.5 Å².